The monoisotopic (exact) mass is 738 g/mol. The number of aromatic hydroxyl groups is 1. The largest absolute Gasteiger partial charge is 0.508 e. The van der Waals surface area contributed by atoms with Gasteiger partial charge < -0.3 is 52.7 Å². The predicted molar refractivity (Wildman–Crippen MR) is 207 cm³/mol. The van der Waals surface area contributed by atoms with Crippen molar-refractivity contribution >= 4 is 23.6 Å². The highest BCUT2D eigenvalue weighted by atomic mass is 16.3. The summed E-state index contributed by atoms with van der Waals surface area (Å²) < 4.78 is 0. The first-order valence-electron chi connectivity index (χ1n) is 19.0. The molecule has 294 valence electrons. The summed E-state index contributed by atoms with van der Waals surface area (Å²) in [6, 6.07) is 10.2. The molecule has 10 N–H and O–H groups in total. The Balaban J connectivity index is 1.86. The lowest BCUT2D eigenvalue weighted by atomic mass is 9.95. The van der Waals surface area contributed by atoms with E-state index in [0.29, 0.717) is 57.3 Å². The van der Waals surface area contributed by atoms with E-state index < -0.39 is 30.1 Å². The number of phenols is 1. The van der Waals surface area contributed by atoms with Crippen LogP contribution < -0.4 is 42.5 Å². The van der Waals surface area contributed by atoms with E-state index in [-0.39, 0.29) is 49.0 Å². The molecule has 5 atom stereocenters. The van der Waals surface area contributed by atoms with Crippen molar-refractivity contribution in [3.8, 4) is 16.9 Å². The van der Waals surface area contributed by atoms with Crippen molar-refractivity contribution in [2.45, 2.75) is 94.4 Å². The number of nitrogens with one attached hydrogen (secondary N) is 8. The van der Waals surface area contributed by atoms with E-state index in [1.165, 1.54) is 0 Å². The average molecular weight is 739 g/mol. The molecule has 1 heterocycles. The molecule has 0 fully saturated rings. The lowest BCUT2D eigenvalue weighted by Gasteiger charge is -2.26. The van der Waals surface area contributed by atoms with E-state index in [1.807, 2.05) is 50.5 Å². The number of aliphatic hydroxyl groups is 1. The highest BCUT2D eigenvalue weighted by Gasteiger charge is 2.29. The minimum absolute atomic E-state index is 0.0160. The van der Waals surface area contributed by atoms with Crippen LogP contribution in [-0.2, 0) is 32.0 Å². The second kappa shape index (κ2) is 23.6. The minimum Gasteiger partial charge on any atom is -0.508 e. The third kappa shape index (κ3) is 14.7. The molecule has 4 bridgehead atoms. The molecule has 0 aliphatic carbocycles. The topological polar surface area (TPSA) is 205 Å². The molecule has 0 spiro atoms. The number of carbonyl (C=O) groups is 4. The number of aliphatic hydroxyl groups excluding tert-OH is 1. The summed E-state index contributed by atoms with van der Waals surface area (Å²) in [4.78, 5) is 54.5. The van der Waals surface area contributed by atoms with Crippen LogP contribution in [0.2, 0.25) is 0 Å². The zero-order valence-corrected chi connectivity index (χ0v) is 31.9. The minimum atomic E-state index is -0.866. The maximum absolute atomic E-state index is 13.9. The molecule has 0 saturated carbocycles. The Bertz CT molecular complexity index is 1450. The molecule has 53 heavy (non-hydrogen) atoms. The number of carbonyl (C=O) groups excluding carboxylic acids is 4. The van der Waals surface area contributed by atoms with Gasteiger partial charge >= 0.3 is 0 Å². The van der Waals surface area contributed by atoms with Gasteiger partial charge in [-0.25, -0.2) is 0 Å². The summed E-state index contributed by atoms with van der Waals surface area (Å²) >= 11 is 0. The summed E-state index contributed by atoms with van der Waals surface area (Å²) in [6.07, 6.45) is 4.89. The van der Waals surface area contributed by atoms with E-state index in [1.54, 1.807) is 20.2 Å². The first-order valence-corrected chi connectivity index (χ1v) is 19.0. The van der Waals surface area contributed by atoms with Crippen LogP contribution in [0.5, 0.6) is 5.75 Å². The third-order valence-electron chi connectivity index (χ3n) is 9.72. The molecule has 0 saturated heterocycles. The molecular weight excluding hydrogens is 676 g/mol. The molecule has 4 amide bonds. The van der Waals surface area contributed by atoms with Gasteiger partial charge in [0, 0.05) is 31.5 Å². The summed E-state index contributed by atoms with van der Waals surface area (Å²) in [7, 11) is 7.12. The fourth-order valence-electron chi connectivity index (χ4n) is 6.54. The van der Waals surface area contributed by atoms with Crippen LogP contribution in [0.25, 0.3) is 11.1 Å². The number of rotatable bonds is 20. The Morgan fingerprint density at radius 2 is 1.60 bits per heavy atom. The molecule has 1 unspecified atom stereocenters. The van der Waals surface area contributed by atoms with E-state index in [9.17, 15) is 29.4 Å². The van der Waals surface area contributed by atoms with E-state index in [2.05, 4.69) is 42.5 Å². The SMILES string of the molecule is CNCCC[C@H](NC(=O)C[C@@H]1Cc2cccc(c2)-c2ccc(O)c(c2)C[C@H](NC)C(=O)N[C@@H](CCCNC)C(=O)N1)C(=O)NCCCCC(CO)NC. The fraction of sp³-hybridized carbons (Fsp3) is 0.590. The van der Waals surface area contributed by atoms with Gasteiger partial charge in [-0.3, -0.25) is 19.2 Å². The van der Waals surface area contributed by atoms with Crippen molar-refractivity contribution in [2.75, 3.05) is 54.4 Å². The summed E-state index contributed by atoms with van der Waals surface area (Å²) in [5, 5.41) is 44.2. The van der Waals surface area contributed by atoms with Crippen molar-refractivity contribution < 1.29 is 29.4 Å². The Morgan fingerprint density at radius 3 is 2.32 bits per heavy atom. The lowest BCUT2D eigenvalue weighted by molar-refractivity contribution is -0.131. The van der Waals surface area contributed by atoms with Gasteiger partial charge in [-0.15, -0.1) is 0 Å². The second-order valence-electron chi connectivity index (χ2n) is 13.8. The molecule has 0 radical (unpaired) electrons. The second-order valence-corrected chi connectivity index (χ2v) is 13.8. The number of amides is 4. The van der Waals surface area contributed by atoms with Crippen molar-refractivity contribution in [1.82, 2.24) is 42.5 Å². The molecule has 14 nitrogen and oxygen atoms in total. The van der Waals surface area contributed by atoms with Crippen molar-refractivity contribution in [3.05, 3.63) is 53.6 Å². The molecule has 2 aromatic rings. The van der Waals surface area contributed by atoms with Gasteiger partial charge in [-0.05, 0) is 121 Å². The smallest absolute Gasteiger partial charge is 0.242 e. The lowest BCUT2D eigenvalue weighted by Crippen LogP contribution is -2.55. The van der Waals surface area contributed by atoms with Crippen LogP contribution in [0.4, 0.5) is 0 Å². The van der Waals surface area contributed by atoms with Crippen LogP contribution in [-0.4, -0.2) is 118 Å². The van der Waals surface area contributed by atoms with Crippen molar-refractivity contribution in [3.63, 3.8) is 0 Å². The molecule has 3 rings (SSSR count). The summed E-state index contributed by atoms with van der Waals surface area (Å²) in [5.74, 6) is -1.34. The third-order valence-corrected chi connectivity index (χ3v) is 9.72. The standard InChI is InChI=1S/C39H62N8O6/c1-40-17-8-13-32(37(51)44-19-6-5-12-30(25-48)42-3)46-36(50)24-31-21-26-10-7-11-27(20-26)28-15-16-35(49)29(22-28)23-34(43-4)39(53)47-33(38(52)45-31)14-9-18-41-2/h7,10-11,15-16,20,22,30-34,40-43,48-49H,5-6,8-9,12-14,17-19,21,23-25H2,1-4H3,(H,44,51)(H,45,52)(H,46,50)(H,47,53)/t30?,31-,32-,33-,34-/m0/s1. The Kier molecular flexibility index (Phi) is 19.3. The average Bonchev–Trinajstić information content (AvgIpc) is 3.14. The first kappa shape index (κ1) is 43.3. The van der Waals surface area contributed by atoms with E-state index in [4.69, 9.17) is 0 Å². The number of hydrogen-bond acceptors (Lipinski definition) is 10. The van der Waals surface area contributed by atoms with Crippen molar-refractivity contribution in [2.24, 2.45) is 0 Å². The maximum Gasteiger partial charge on any atom is 0.242 e. The van der Waals surface area contributed by atoms with Crippen LogP contribution in [0.3, 0.4) is 0 Å². The van der Waals surface area contributed by atoms with Crippen LogP contribution in [0, 0.1) is 0 Å². The normalized spacial score (nSPS) is 18.8. The Hall–Kier alpha value is -4.08. The number of fused-ring (bicyclic) bond motifs is 5. The molecular formula is C39H62N8O6. The summed E-state index contributed by atoms with van der Waals surface area (Å²) in [6.45, 7) is 1.83. The zero-order valence-electron chi connectivity index (χ0n) is 31.9. The molecule has 0 aromatic heterocycles. The highest BCUT2D eigenvalue weighted by molar-refractivity contribution is 5.91. The Morgan fingerprint density at radius 1 is 0.849 bits per heavy atom. The molecule has 14 heteroatoms. The van der Waals surface area contributed by atoms with E-state index in [0.717, 1.165) is 36.0 Å². The van der Waals surface area contributed by atoms with Crippen LogP contribution in [0.1, 0.15) is 62.5 Å². The van der Waals surface area contributed by atoms with Gasteiger partial charge in [0.05, 0.1) is 12.6 Å². The van der Waals surface area contributed by atoms with E-state index >= 15 is 0 Å². The van der Waals surface area contributed by atoms with Gasteiger partial charge in [0.1, 0.15) is 17.8 Å². The van der Waals surface area contributed by atoms with Gasteiger partial charge in [0.15, 0.2) is 0 Å². The number of unbranched alkanes of at least 4 members (excludes halogenated alkanes) is 1. The van der Waals surface area contributed by atoms with Crippen LogP contribution in [0.15, 0.2) is 42.5 Å². The van der Waals surface area contributed by atoms with Crippen LogP contribution >= 0.6 is 0 Å². The molecule has 2 aromatic carbocycles. The van der Waals surface area contributed by atoms with Crippen molar-refractivity contribution in [1.29, 1.82) is 0 Å². The number of phenolic OH excluding ortho intramolecular Hbond substituents is 1. The zero-order chi connectivity index (χ0) is 38.6. The molecule has 1 aliphatic heterocycles. The molecule has 1 aliphatic rings. The summed E-state index contributed by atoms with van der Waals surface area (Å²) in [5.41, 5.74) is 3.24. The fourth-order valence-corrected chi connectivity index (χ4v) is 6.54. The highest BCUT2D eigenvalue weighted by Crippen LogP contribution is 2.28. The van der Waals surface area contributed by atoms with Gasteiger partial charge in [-0.2, -0.15) is 0 Å². The number of likely N-dealkylation sites (N-methyl/N-ethyl adjacent to an activating group) is 2. The number of hydrogen-bond donors (Lipinski definition) is 10. The first-order chi connectivity index (χ1) is 25.6. The maximum atomic E-state index is 13.9. The number of benzene rings is 2. The van der Waals surface area contributed by atoms with Gasteiger partial charge in [0.2, 0.25) is 23.6 Å². The van der Waals surface area contributed by atoms with Gasteiger partial charge in [0.25, 0.3) is 0 Å². The Labute approximate surface area is 314 Å². The van der Waals surface area contributed by atoms with Gasteiger partial charge in [-0.1, -0.05) is 36.8 Å². The predicted octanol–water partition coefficient (Wildman–Crippen LogP) is 0.456. The quantitative estimate of drug-likeness (QED) is 0.0851.